The second kappa shape index (κ2) is 17.5. The molecule has 6 aliphatic heterocycles. The Kier molecular flexibility index (Phi) is 10.9. The Hall–Kier alpha value is -6.60. The Labute approximate surface area is 453 Å². The smallest absolute Gasteiger partial charge is 0.405 e. The molecule has 6 N–H and O–H groups in total. The number of rotatable bonds is 8. The summed E-state index contributed by atoms with van der Waals surface area (Å²) in [6.45, 7) is 0.957. The number of imidazole rings is 2. The predicted octanol–water partition coefficient (Wildman–Crippen LogP) is 10.2. The highest BCUT2D eigenvalue weighted by Crippen LogP contribution is 2.64. The summed E-state index contributed by atoms with van der Waals surface area (Å²) in [5, 5.41) is 27.3. The van der Waals surface area contributed by atoms with Crippen LogP contribution in [0.25, 0.3) is 22.1 Å². The van der Waals surface area contributed by atoms with Crippen LogP contribution in [-0.2, 0) is 31.7 Å². The summed E-state index contributed by atoms with van der Waals surface area (Å²) in [5.74, 6) is -5.11. The molecule has 2 spiro atoms. The van der Waals surface area contributed by atoms with Gasteiger partial charge in [0.1, 0.15) is 29.0 Å². The summed E-state index contributed by atoms with van der Waals surface area (Å²) < 4.78 is 69.4. The van der Waals surface area contributed by atoms with E-state index in [1.165, 1.54) is 24.3 Å². The minimum Gasteiger partial charge on any atom is -0.465 e. The van der Waals surface area contributed by atoms with Crippen LogP contribution in [0.5, 0.6) is 0 Å². The Balaban J connectivity index is 0.941. The average Bonchev–Trinajstić information content (AvgIpc) is 2.95. The standard InChI is InChI=1S/C59H66F4N10O6/c60-37-28-43-41-26-35(37)56-18-8-14-32(56)22-47(72(56)52(74)58(68-54(76)77,50(64-41)66-43)30-10-2-3-11-30)45-16-17-46(71(45)34-24-39(62)49(40(63)25-34)70-20-6-1-7-21-70)48-23-33-15-9-19-57(33)36-27-42-44(29-38(36)61)67-51(65-42)59(69-55(78)79,53(75)73(48)57)31-12-4-5-13-31/h24-33,45-48,68-69H,1-23H2,(H,64,66)(H,65,67)(H,76,77)(H,78,79)/t32-,33?,45-,46+,47?,48?,56-,57-,58?,59?/m0/s1. The number of benzene rings is 3. The van der Waals surface area contributed by atoms with Gasteiger partial charge in [0.25, 0.3) is 11.8 Å². The number of carboxylic acid groups (broad SMARTS) is 2. The van der Waals surface area contributed by atoms with Crippen molar-refractivity contribution in [3.8, 4) is 0 Å². The first-order valence-corrected chi connectivity index (χ1v) is 29.3. The monoisotopic (exact) mass is 1090 g/mol. The highest BCUT2D eigenvalue weighted by molar-refractivity contribution is 5.95. The maximum Gasteiger partial charge on any atom is 0.405 e. The summed E-state index contributed by atoms with van der Waals surface area (Å²) in [6.07, 6.45) is 9.54. The SMILES string of the molecule is O=C(O)NC1(C2CCCC2)C(=O)N2C([C@H]3CC[C@@H](C4C[C@@H]5CCC[C@@]56c5cc7[nH]c(nc7cc5F)C(NC(=O)O)(C5CCCC5)C(=O)N46)N3c3cc(F)c(N4CCCCC4)c(F)c3)CC3CCC[C@@]32c2cc3[nH]c1nc3cc2F. The third-order valence-corrected chi connectivity index (χ3v) is 22.0. The lowest BCUT2D eigenvalue weighted by Gasteiger charge is -2.51. The average molecular weight is 1090 g/mol. The van der Waals surface area contributed by atoms with E-state index in [0.29, 0.717) is 125 Å². The van der Waals surface area contributed by atoms with Gasteiger partial charge in [0.15, 0.2) is 22.7 Å². The topological polar surface area (TPSA) is 203 Å². The quantitative estimate of drug-likeness (QED) is 0.0812. The number of anilines is 2. The highest BCUT2D eigenvalue weighted by Gasteiger charge is 2.70. The fourth-order valence-electron chi connectivity index (χ4n) is 19.1. The molecule has 6 bridgehead atoms. The number of nitrogens with zero attached hydrogens (tertiary/aromatic N) is 6. The van der Waals surface area contributed by atoms with Gasteiger partial charge in [-0.05, 0) is 144 Å². The molecule has 20 heteroatoms. The molecule has 16 nitrogen and oxygen atoms in total. The number of H-pyrrole nitrogens is 2. The first-order chi connectivity index (χ1) is 38.2. The summed E-state index contributed by atoms with van der Waals surface area (Å²) in [5.41, 5.74) is -4.08. The zero-order valence-electron chi connectivity index (χ0n) is 44.1. The van der Waals surface area contributed by atoms with Crippen molar-refractivity contribution in [3.05, 3.63) is 82.4 Å². The second-order valence-corrected chi connectivity index (χ2v) is 25.2. The van der Waals surface area contributed by atoms with Gasteiger partial charge in [-0.1, -0.05) is 38.5 Å². The van der Waals surface area contributed by atoms with E-state index in [0.717, 1.165) is 44.9 Å². The van der Waals surface area contributed by atoms with Crippen molar-refractivity contribution in [1.29, 1.82) is 0 Å². The Morgan fingerprint density at radius 1 is 0.532 bits per heavy atom. The first kappa shape index (κ1) is 49.4. The van der Waals surface area contributed by atoms with E-state index >= 15 is 27.2 Å². The van der Waals surface area contributed by atoms with Crippen LogP contribution < -0.4 is 20.4 Å². The summed E-state index contributed by atoms with van der Waals surface area (Å²) in [7, 11) is 0. The number of hydrogen-bond acceptors (Lipinski definition) is 8. The van der Waals surface area contributed by atoms with Crippen LogP contribution in [0, 0.1) is 46.9 Å². The lowest BCUT2D eigenvalue weighted by molar-refractivity contribution is -0.151. The second-order valence-electron chi connectivity index (χ2n) is 25.2. The number of aromatic amines is 2. The van der Waals surface area contributed by atoms with Crippen molar-refractivity contribution in [2.75, 3.05) is 22.9 Å². The van der Waals surface area contributed by atoms with Crippen molar-refractivity contribution in [2.24, 2.45) is 23.7 Å². The van der Waals surface area contributed by atoms with Crippen molar-refractivity contribution in [2.45, 2.75) is 181 Å². The van der Waals surface area contributed by atoms with Crippen molar-refractivity contribution in [3.63, 3.8) is 0 Å². The van der Waals surface area contributed by atoms with Gasteiger partial charge in [-0.25, -0.2) is 37.1 Å². The first-order valence-electron chi connectivity index (χ1n) is 29.3. The fourth-order valence-corrected chi connectivity index (χ4v) is 19.1. The van der Waals surface area contributed by atoms with Crippen molar-refractivity contribution >= 4 is 57.4 Å². The van der Waals surface area contributed by atoms with Gasteiger partial charge in [-0.15, -0.1) is 0 Å². The molecule has 4 amide bonds. The van der Waals surface area contributed by atoms with Crippen LogP contribution in [0.3, 0.4) is 0 Å². The predicted molar refractivity (Wildman–Crippen MR) is 282 cm³/mol. The molecule has 3 aromatic carbocycles. The minimum absolute atomic E-state index is 0.0956. The van der Waals surface area contributed by atoms with Crippen LogP contribution >= 0.6 is 0 Å². The highest BCUT2D eigenvalue weighted by atomic mass is 19.1. The fraction of sp³-hybridized carbons (Fsp3) is 0.593. The van der Waals surface area contributed by atoms with E-state index in [2.05, 4.69) is 20.6 Å². The molecule has 79 heavy (non-hydrogen) atoms. The van der Waals surface area contributed by atoms with Crippen LogP contribution in [0.4, 0.5) is 38.5 Å². The molecule has 4 aliphatic carbocycles. The molecule has 15 rings (SSSR count). The molecular formula is C59H66F4N10O6. The summed E-state index contributed by atoms with van der Waals surface area (Å²) in [4.78, 5) is 84.2. The van der Waals surface area contributed by atoms with Gasteiger partial charge in [0, 0.05) is 54.1 Å². The number of nitrogens with one attached hydrogen (secondary N) is 4. The molecule has 10 atom stereocenters. The van der Waals surface area contributed by atoms with Gasteiger partial charge >= 0.3 is 12.2 Å². The van der Waals surface area contributed by atoms with Crippen LogP contribution in [0.2, 0.25) is 0 Å². The Bertz CT molecular complexity index is 3200. The van der Waals surface area contributed by atoms with Gasteiger partial charge in [-0.2, -0.15) is 0 Å². The molecule has 10 aliphatic rings. The molecule has 5 aromatic rings. The normalized spacial score (nSPS) is 34.2. The van der Waals surface area contributed by atoms with Gasteiger partial charge in [0.2, 0.25) is 0 Å². The van der Waals surface area contributed by atoms with E-state index in [4.69, 9.17) is 9.97 Å². The summed E-state index contributed by atoms with van der Waals surface area (Å²) in [6, 6.07) is 5.96. The number of amides is 4. The number of carbonyl (C=O) groups excluding carboxylic acids is 2. The molecule has 8 heterocycles. The molecular weight excluding hydrogens is 1020 g/mol. The lowest BCUT2D eigenvalue weighted by Crippen LogP contribution is -2.68. The van der Waals surface area contributed by atoms with E-state index in [-0.39, 0.29) is 45.9 Å². The van der Waals surface area contributed by atoms with Gasteiger partial charge < -0.3 is 50.4 Å². The van der Waals surface area contributed by atoms with E-state index < -0.39 is 105 Å². The molecule has 416 valence electrons. The maximum absolute atomic E-state index is 17.4. The zero-order valence-corrected chi connectivity index (χ0v) is 44.1. The number of hydrogen-bond donors (Lipinski definition) is 6. The molecule has 8 fully saturated rings. The number of fused-ring (bicyclic) bond motifs is 4. The van der Waals surface area contributed by atoms with Crippen LogP contribution in [0.15, 0.2) is 36.4 Å². The largest absolute Gasteiger partial charge is 0.465 e. The van der Waals surface area contributed by atoms with E-state index in [9.17, 15) is 19.8 Å². The minimum atomic E-state index is -1.91. The third-order valence-electron chi connectivity index (χ3n) is 22.0. The van der Waals surface area contributed by atoms with Crippen LogP contribution in [0.1, 0.15) is 158 Å². The Morgan fingerprint density at radius 3 is 1.39 bits per heavy atom. The van der Waals surface area contributed by atoms with E-state index in [1.807, 2.05) is 4.90 Å². The zero-order chi connectivity index (χ0) is 54.1. The van der Waals surface area contributed by atoms with Crippen molar-refractivity contribution < 1.29 is 47.0 Å². The third kappa shape index (κ3) is 6.59. The maximum atomic E-state index is 17.4. The number of halogens is 4. The van der Waals surface area contributed by atoms with Gasteiger partial charge in [-0.3, -0.25) is 9.59 Å². The molecule has 2 aromatic heterocycles. The molecule has 4 saturated heterocycles. The number of piperidine rings is 1. The van der Waals surface area contributed by atoms with Gasteiger partial charge in [0.05, 0.1) is 45.2 Å². The molecule has 0 radical (unpaired) electrons. The summed E-state index contributed by atoms with van der Waals surface area (Å²) >= 11 is 0. The molecule has 5 unspecified atom stereocenters. The van der Waals surface area contributed by atoms with Crippen molar-refractivity contribution in [1.82, 2.24) is 40.4 Å². The molecule has 4 saturated carbocycles. The Morgan fingerprint density at radius 2 is 0.962 bits per heavy atom. The van der Waals surface area contributed by atoms with Crippen LogP contribution in [-0.4, -0.2) is 101 Å². The van der Waals surface area contributed by atoms with E-state index in [1.54, 1.807) is 26.8 Å². The lowest BCUT2D eigenvalue weighted by atomic mass is 9.76. The number of aromatic nitrogens is 4. The number of carbonyl (C=O) groups is 4.